The average Bonchev–Trinajstić information content (AvgIpc) is 3.37. The van der Waals surface area contributed by atoms with E-state index in [-0.39, 0.29) is 11.9 Å². The van der Waals surface area contributed by atoms with Gasteiger partial charge < -0.3 is 14.4 Å². The summed E-state index contributed by atoms with van der Waals surface area (Å²) in [6, 6.07) is 9.51. The lowest BCUT2D eigenvalue weighted by Gasteiger charge is -2.21. The van der Waals surface area contributed by atoms with Gasteiger partial charge in [-0.25, -0.2) is 9.97 Å². The third kappa shape index (κ3) is 2.73. The minimum atomic E-state index is -0.724. The van der Waals surface area contributed by atoms with E-state index in [1.807, 2.05) is 44.3 Å². The normalized spacial score (nSPS) is 19.2. The van der Waals surface area contributed by atoms with Crippen LogP contribution in [0.5, 0.6) is 5.75 Å². The third-order valence-electron chi connectivity index (χ3n) is 5.83. The number of benzene rings is 1. The van der Waals surface area contributed by atoms with Gasteiger partial charge >= 0.3 is 0 Å². The Labute approximate surface area is 175 Å². The highest BCUT2D eigenvalue weighted by Crippen LogP contribution is 2.45. The van der Waals surface area contributed by atoms with Crippen molar-refractivity contribution in [2.45, 2.75) is 52.0 Å². The topological polar surface area (TPSA) is 80.5 Å². The highest BCUT2D eigenvalue weighted by atomic mass is 16.5. The van der Waals surface area contributed by atoms with Crippen molar-refractivity contribution < 1.29 is 14.6 Å². The maximum absolute atomic E-state index is 13.2. The number of aliphatic hydroxyl groups excluding tert-OH is 1. The quantitative estimate of drug-likeness (QED) is 0.716. The Morgan fingerprint density at radius 3 is 2.83 bits per heavy atom. The maximum Gasteiger partial charge on any atom is 0.260 e. The van der Waals surface area contributed by atoms with Gasteiger partial charge in [0.05, 0.1) is 6.54 Å². The van der Waals surface area contributed by atoms with Crippen LogP contribution in [0.3, 0.4) is 0 Å². The van der Waals surface area contributed by atoms with Crippen molar-refractivity contribution in [2.24, 2.45) is 0 Å². The van der Waals surface area contributed by atoms with Crippen LogP contribution >= 0.6 is 0 Å². The molecule has 4 heterocycles. The molecule has 2 aliphatic rings. The van der Waals surface area contributed by atoms with E-state index in [9.17, 15) is 9.90 Å². The number of amides is 1. The number of aliphatic hydroxyl groups is 1. The maximum atomic E-state index is 13.2. The molecule has 1 amide bonds. The lowest BCUT2D eigenvalue weighted by Crippen LogP contribution is -2.30. The van der Waals surface area contributed by atoms with E-state index in [0.717, 1.165) is 22.6 Å². The number of rotatable bonds is 3. The second-order valence-electron chi connectivity index (χ2n) is 8.68. The molecule has 2 aliphatic heterocycles. The summed E-state index contributed by atoms with van der Waals surface area (Å²) < 4.78 is 7.93. The van der Waals surface area contributed by atoms with Crippen LogP contribution in [0, 0.1) is 0 Å². The molecule has 0 saturated heterocycles. The van der Waals surface area contributed by atoms with Gasteiger partial charge in [0.1, 0.15) is 29.0 Å². The molecule has 7 heteroatoms. The molecule has 0 bridgehead atoms. The predicted octanol–water partition coefficient (Wildman–Crippen LogP) is 3.89. The Morgan fingerprint density at radius 2 is 2.07 bits per heavy atom. The van der Waals surface area contributed by atoms with Crippen LogP contribution in [0.25, 0.3) is 11.5 Å². The fraction of sp³-hybridized carbons (Fsp3) is 0.348. The number of fused-ring (bicyclic) bond motifs is 2. The van der Waals surface area contributed by atoms with Crippen molar-refractivity contribution in [3.63, 3.8) is 0 Å². The molecule has 30 heavy (non-hydrogen) atoms. The summed E-state index contributed by atoms with van der Waals surface area (Å²) in [7, 11) is 0. The molecule has 154 valence electrons. The van der Waals surface area contributed by atoms with Crippen LogP contribution in [0.1, 0.15) is 61.3 Å². The number of pyridine rings is 1. The monoisotopic (exact) mass is 404 g/mol. The smallest absolute Gasteiger partial charge is 0.260 e. The van der Waals surface area contributed by atoms with Gasteiger partial charge in [0, 0.05) is 29.6 Å². The van der Waals surface area contributed by atoms with E-state index in [1.165, 1.54) is 0 Å². The van der Waals surface area contributed by atoms with Gasteiger partial charge in [-0.05, 0) is 57.5 Å². The fourth-order valence-electron chi connectivity index (χ4n) is 4.19. The first-order valence-electron chi connectivity index (χ1n) is 10.1. The molecular formula is C23H24N4O3. The highest BCUT2D eigenvalue weighted by molar-refractivity contribution is 6.10. The molecule has 2 aromatic heterocycles. The van der Waals surface area contributed by atoms with E-state index in [1.54, 1.807) is 17.2 Å². The molecule has 5 rings (SSSR count). The molecule has 0 fully saturated rings. The second kappa shape index (κ2) is 6.40. The molecule has 0 radical (unpaired) electrons. The summed E-state index contributed by atoms with van der Waals surface area (Å²) >= 11 is 0. The molecule has 0 aliphatic carbocycles. The van der Waals surface area contributed by atoms with Crippen LogP contribution in [-0.4, -0.2) is 31.1 Å². The first kappa shape index (κ1) is 18.8. The highest BCUT2D eigenvalue weighted by Gasteiger charge is 2.42. The lowest BCUT2D eigenvalue weighted by atomic mass is 9.95. The number of carbonyl (C=O) groups is 1. The van der Waals surface area contributed by atoms with E-state index in [4.69, 9.17) is 9.72 Å². The Hall–Kier alpha value is -3.19. The summed E-state index contributed by atoms with van der Waals surface area (Å²) in [5, 5.41) is 10.6. The number of anilines is 1. The molecule has 1 N–H and O–H groups in total. The van der Waals surface area contributed by atoms with Gasteiger partial charge in [0.15, 0.2) is 5.82 Å². The molecule has 0 saturated carbocycles. The van der Waals surface area contributed by atoms with Crippen LogP contribution in [0.2, 0.25) is 0 Å². The summed E-state index contributed by atoms with van der Waals surface area (Å²) in [6.07, 6.45) is 2.97. The van der Waals surface area contributed by atoms with Gasteiger partial charge in [-0.2, -0.15) is 0 Å². The molecule has 0 spiro atoms. The van der Waals surface area contributed by atoms with Gasteiger partial charge in [0.2, 0.25) is 0 Å². The predicted molar refractivity (Wildman–Crippen MR) is 112 cm³/mol. The largest absolute Gasteiger partial charge is 0.484 e. The number of hydrogen-bond acceptors (Lipinski definition) is 5. The Balaban J connectivity index is 1.50. The summed E-state index contributed by atoms with van der Waals surface area (Å²) in [5.41, 5.74) is 2.21. The number of hydrogen-bond donors (Lipinski definition) is 1. The number of carbonyl (C=O) groups excluding carboxylic acids is 1. The van der Waals surface area contributed by atoms with Gasteiger partial charge in [-0.1, -0.05) is 6.07 Å². The summed E-state index contributed by atoms with van der Waals surface area (Å²) in [6.45, 7) is 8.27. The van der Waals surface area contributed by atoms with Crippen LogP contribution < -0.4 is 9.64 Å². The van der Waals surface area contributed by atoms with Crippen LogP contribution in [-0.2, 0) is 6.54 Å². The average molecular weight is 404 g/mol. The van der Waals surface area contributed by atoms with Crippen molar-refractivity contribution in [3.05, 3.63) is 59.4 Å². The summed E-state index contributed by atoms with van der Waals surface area (Å²) in [5.74, 6) is 1.80. The SMILES string of the molecule is CC(C)n1ccnc1-c1cccc(N2Cc3cc4c(cc3C2=O)OC(C)(C)C4O)n1. The van der Waals surface area contributed by atoms with Crippen LogP contribution in [0.4, 0.5) is 5.82 Å². The standard InChI is InChI=1S/C23H24N4O3/c1-13(2)26-9-8-24-21(26)17-6-5-7-19(25-17)27-12-14-10-16-18(11-15(14)22(27)29)30-23(3,4)20(16)28/h5-11,13,20,28H,12H2,1-4H3. The van der Waals surface area contributed by atoms with E-state index in [0.29, 0.717) is 23.7 Å². The van der Waals surface area contributed by atoms with E-state index >= 15 is 0 Å². The van der Waals surface area contributed by atoms with Crippen molar-refractivity contribution in [3.8, 4) is 17.3 Å². The number of aromatic nitrogens is 3. The van der Waals surface area contributed by atoms with E-state index < -0.39 is 11.7 Å². The molecule has 1 aromatic carbocycles. The molecular weight excluding hydrogens is 380 g/mol. The minimum absolute atomic E-state index is 0.118. The van der Waals surface area contributed by atoms with Crippen molar-refractivity contribution >= 4 is 11.7 Å². The Bertz CT molecular complexity index is 1170. The third-order valence-corrected chi connectivity index (χ3v) is 5.83. The lowest BCUT2D eigenvalue weighted by molar-refractivity contribution is 0.000529. The number of ether oxygens (including phenoxy) is 1. The zero-order chi connectivity index (χ0) is 21.2. The van der Waals surface area contributed by atoms with Crippen molar-refractivity contribution in [2.75, 3.05) is 4.90 Å². The molecule has 1 unspecified atom stereocenters. The van der Waals surface area contributed by atoms with E-state index in [2.05, 4.69) is 23.4 Å². The minimum Gasteiger partial charge on any atom is -0.484 e. The van der Waals surface area contributed by atoms with Gasteiger partial charge in [-0.15, -0.1) is 0 Å². The second-order valence-corrected chi connectivity index (χ2v) is 8.68. The van der Waals surface area contributed by atoms with Crippen LogP contribution in [0.15, 0.2) is 42.7 Å². The number of imidazole rings is 1. The molecule has 7 nitrogen and oxygen atoms in total. The number of nitrogens with zero attached hydrogens (tertiary/aromatic N) is 4. The van der Waals surface area contributed by atoms with Crippen molar-refractivity contribution in [1.82, 2.24) is 14.5 Å². The van der Waals surface area contributed by atoms with Gasteiger partial charge in [-0.3, -0.25) is 9.69 Å². The Kier molecular flexibility index (Phi) is 4.02. The zero-order valence-electron chi connectivity index (χ0n) is 17.5. The fourth-order valence-corrected chi connectivity index (χ4v) is 4.19. The van der Waals surface area contributed by atoms with Crippen molar-refractivity contribution in [1.29, 1.82) is 0 Å². The van der Waals surface area contributed by atoms with Gasteiger partial charge in [0.25, 0.3) is 5.91 Å². The zero-order valence-corrected chi connectivity index (χ0v) is 17.5. The molecule has 1 atom stereocenters. The first-order chi connectivity index (χ1) is 14.3. The Morgan fingerprint density at radius 1 is 1.27 bits per heavy atom. The summed E-state index contributed by atoms with van der Waals surface area (Å²) in [4.78, 5) is 24.0. The first-order valence-corrected chi connectivity index (χ1v) is 10.1. The molecule has 3 aromatic rings.